The number of carbonyl (C=O) groups is 2. The molecule has 2 aromatic carbocycles. The molecule has 0 amide bonds. The van der Waals surface area contributed by atoms with Crippen LogP contribution in [0.25, 0.3) is 12.2 Å². The number of rotatable bonds is 4. The third-order valence-electron chi connectivity index (χ3n) is 2.80. The Morgan fingerprint density at radius 3 is 1.12 bits per heavy atom. The lowest BCUT2D eigenvalue weighted by Gasteiger charge is -1.92. The minimum atomic E-state index is -0.935. The molecule has 26 heavy (non-hydrogen) atoms. The first kappa shape index (κ1) is 22.6. The summed E-state index contributed by atoms with van der Waals surface area (Å²) in [6, 6.07) is 20.6. The monoisotopic (exact) mass is 352 g/mol. The zero-order valence-corrected chi connectivity index (χ0v) is 15.1. The van der Waals surface area contributed by atoms with Crippen molar-refractivity contribution in [2.75, 3.05) is 0 Å². The van der Waals surface area contributed by atoms with Gasteiger partial charge in [0.05, 0.1) is 0 Å². The number of carboxylic acid groups (broad SMARTS) is 2. The van der Waals surface area contributed by atoms with Crippen LogP contribution in [-0.2, 0) is 9.59 Å². The minimum absolute atomic E-state index is 0.176. The maximum Gasteiger partial charge on any atom is 0.330 e. The molecule has 2 rings (SSSR count). The van der Waals surface area contributed by atoms with E-state index in [1.54, 1.807) is 0 Å². The summed E-state index contributed by atoms with van der Waals surface area (Å²) in [7, 11) is 0. The molecule has 0 unspecified atom stereocenters. The van der Waals surface area contributed by atoms with Gasteiger partial charge in [-0.3, -0.25) is 0 Å². The van der Waals surface area contributed by atoms with Gasteiger partial charge in [-0.2, -0.15) is 0 Å². The van der Waals surface area contributed by atoms with E-state index in [4.69, 9.17) is 10.2 Å². The van der Waals surface area contributed by atoms with Crippen LogP contribution in [0.5, 0.6) is 0 Å². The molecule has 0 aliphatic rings. The summed E-state index contributed by atoms with van der Waals surface area (Å²) in [5, 5.41) is 15.8. The summed E-state index contributed by atoms with van der Waals surface area (Å²) >= 11 is 0. The van der Waals surface area contributed by atoms with Crippen LogP contribution in [-0.4, -0.2) is 22.2 Å². The number of hydrogen-bond donors (Lipinski definition) is 2. The fourth-order valence-electron chi connectivity index (χ4n) is 1.32. The molecule has 0 heterocycles. The van der Waals surface area contributed by atoms with Gasteiger partial charge in [-0.15, -0.1) is 0 Å². The predicted octanol–water partition coefficient (Wildman–Crippen LogP) is 5.15. The van der Waals surface area contributed by atoms with E-state index in [-0.39, 0.29) is 11.1 Å². The summed E-state index contributed by atoms with van der Waals surface area (Å²) in [5.74, 6) is -1.87. The maximum absolute atomic E-state index is 9.60. The molecule has 0 saturated heterocycles. The molecule has 0 aliphatic heterocycles. The van der Waals surface area contributed by atoms with E-state index in [1.807, 2.05) is 36.4 Å². The van der Waals surface area contributed by atoms with E-state index in [0.717, 1.165) is 0 Å². The van der Waals surface area contributed by atoms with Crippen molar-refractivity contribution in [1.82, 2.24) is 0 Å². The van der Waals surface area contributed by atoms with Crippen molar-refractivity contribution in [1.29, 1.82) is 0 Å². The SMILES string of the molecule is C(=C\c1ccccc1)/c1ccccc1.C=C(C)C(=O)O.C=C(C)C(=O)O. The lowest BCUT2D eigenvalue weighted by atomic mass is 10.1. The summed E-state index contributed by atoms with van der Waals surface area (Å²) < 4.78 is 0. The highest BCUT2D eigenvalue weighted by Crippen LogP contribution is 2.06. The molecule has 0 aromatic heterocycles. The third kappa shape index (κ3) is 12.1. The van der Waals surface area contributed by atoms with E-state index in [1.165, 1.54) is 25.0 Å². The van der Waals surface area contributed by atoms with Crippen LogP contribution in [0.1, 0.15) is 25.0 Å². The fraction of sp³-hybridized carbons (Fsp3) is 0.0909. The van der Waals surface area contributed by atoms with Gasteiger partial charge < -0.3 is 10.2 Å². The van der Waals surface area contributed by atoms with Crippen molar-refractivity contribution in [2.45, 2.75) is 13.8 Å². The molecule has 0 radical (unpaired) electrons. The van der Waals surface area contributed by atoms with Gasteiger partial charge in [0.1, 0.15) is 0 Å². The normalized spacial score (nSPS) is 9.15. The van der Waals surface area contributed by atoms with Gasteiger partial charge >= 0.3 is 11.9 Å². The van der Waals surface area contributed by atoms with Crippen LogP contribution < -0.4 is 0 Å². The van der Waals surface area contributed by atoms with Crippen molar-refractivity contribution < 1.29 is 19.8 Å². The van der Waals surface area contributed by atoms with Crippen molar-refractivity contribution in [3.63, 3.8) is 0 Å². The van der Waals surface area contributed by atoms with Crippen molar-refractivity contribution in [2.24, 2.45) is 0 Å². The van der Waals surface area contributed by atoms with Crippen LogP contribution in [0.3, 0.4) is 0 Å². The molecule has 0 bridgehead atoms. The molecule has 4 heteroatoms. The van der Waals surface area contributed by atoms with Gasteiger partial charge in [-0.25, -0.2) is 9.59 Å². The first-order valence-electron chi connectivity index (χ1n) is 7.79. The van der Waals surface area contributed by atoms with Crippen LogP contribution in [0.15, 0.2) is 85.0 Å². The van der Waals surface area contributed by atoms with E-state index in [9.17, 15) is 9.59 Å². The number of hydrogen-bond acceptors (Lipinski definition) is 2. The van der Waals surface area contributed by atoms with Crippen molar-refractivity contribution in [3.05, 3.63) is 96.1 Å². The molecule has 2 N–H and O–H groups in total. The lowest BCUT2D eigenvalue weighted by Crippen LogP contribution is -1.92. The molecule has 136 valence electrons. The molecule has 2 aromatic rings. The zero-order chi connectivity index (χ0) is 19.9. The Labute approximate surface area is 154 Å². The van der Waals surface area contributed by atoms with Gasteiger partial charge in [0.25, 0.3) is 0 Å². The molecule has 0 saturated carbocycles. The molecule has 0 spiro atoms. The van der Waals surface area contributed by atoms with E-state index in [0.29, 0.717) is 0 Å². The van der Waals surface area contributed by atoms with Gasteiger partial charge in [0, 0.05) is 11.1 Å². The molecular weight excluding hydrogens is 328 g/mol. The smallest absolute Gasteiger partial charge is 0.330 e. The van der Waals surface area contributed by atoms with Crippen LogP contribution >= 0.6 is 0 Å². The second kappa shape index (κ2) is 13.0. The number of carboxylic acids is 2. The first-order chi connectivity index (χ1) is 12.2. The Kier molecular flexibility index (Phi) is 11.3. The Hall–Kier alpha value is -3.40. The van der Waals surface area contributed by atoms with Gasteiger partial charge in [-0.1, -0.05) is 86.0 Å². The highest BCUT2D eigenvalue weighted by atomic mass is 16.4. The summed E-state index contributed by atoms with van der Waals surface area (Å²) in [5.41, 5.74) is 2.82. The van der Waals surface area contributed by atoms with Gasteiger partial charge in [0.15, 0.2) is 0 Å². The minimum Gasteiger partial charge on any atom is -0.478 e. The van der Waals surface area contributed by atoms with Crippen molar-refractivity contribution in [3.8, 4) is 0 Å². The highest BCUT2D eigenvalue weighted by molar-refractivity contribution is 5.85. The van der Waals surface area contributed by atoms with Crippen LogP contribution in [0.4, 0.5) is 0 Å². The van der Waals surface area contributed by atoms with E-state index in [2.05, 4.69) is 49.6 Å². The van der Waals surface area contributed by atoms with Gasteiger partial charge in [0.2, 0.25) is 0 Å². The topological polar surface area (TPSA) is 74.6 Å². The summed E-state index contributed by atoms with van der Waals surface area (Å²) in [6.45, 7) is 9.20. The zero-order valence-electron chi connectivity index (χ0n) is 15.1. The predicted molar refractivity (Wildman–Crippen MR) is 107 cm³/mol. The molecule has 0 atom stereocenters. The fourth-order valence-corrected chi connectivity index (χ4v) is 1.32. The number of benzene rings is 2. The average Bonchev–Trinajstić information content (AvgIpc) is 2.62. The standard InChI is InChI=1S/C14H12.2C4H6O2/c1-3-7-13(8-4-1)11-12-14-9-5-2-6-10-14;2*1-3(2)4(5)6/h1-12H;2*1H2,2H3,(H,5,6)/b12-11+;;. The number of aliphatic carboxylic acids is 2. The maximum atomic E-state index is 9.60. The summed E-state index contributed by atoms with van der Waals surface area (Å²) in [4.78, 5) is 19.2. The molecule has 0 aliphatic carbocycles. The quantitative estimate of drug-likeness (QED) is 0.589. The van der Waals surface area contributed by atoms with Gasteiger partial charge in [-0.05, 0) is 25.0 Å². The van der Waals surface area contributed by atoms with E-state index < -0.39 is 11.9 Å². The summed E-state index contributed by atoms with van der Waals surface area (Å²) in [6.07, 6.45) is 4.24. The van der Waals surface area contributed by atoms with Crippen molar-refractivity contribution >= 4 is 24.1 Å². The Morgan fingerprint density at radius 2 is 0.923 bits per heavy atom. The van der Waals surface area contributed by atoms with Crippen LogP contribution in [0, 0.1) is 0 Å². The largest absolute Gasteiger partial charge is 0.478 e. The molecular formula is C22H24O4. The molecule has 4 nitrogen and oxygen atoms in total. The Bertz CT molecular complexity index is 655. The first-order valence-corrected chi connectivity index (χ1v) is 7.79. The van der Waals surface area contributed by atoms with Crippen LogP contribution in [0.2, 0.25) is 0 Å². The second-order valence-corrected chi connectivity index (χ2v) is 5.33. The Morgan fingerprint density at radius 1 is 0.692 bits per heavy atom. The Balaban J connectivity index is 0.000000437. The third-order valence-corrected chi connectivity index (χ3v) is 2.80. The second-order valence-electron chi connectivity index (χ2n) is 5.33. The van der Waals surface area contributed by atoms with E-state index >= 15 is 0 Å². The molecule has 0 fully saturated rings. The average molecular weight is 352 g/mol. The lowest BCUT2D eigenvalue weighted by molar-refractivity contribution is -0.133. The highest BCUT2D eigenvalue weighted by Gasteiger charge is 1.90.